The quantitative estimate of drug-likeness (QED) is 0.601. The maximum absolute atomic E-state index is 13.1. The maximum atomic E-state index is 13.1. The van der Waals surface area contributed by atoms with Gasteiger partial charge in [-0.25, -0.2) is 16.8 Å². The van der Waals surface area contributed by atoms with E-state index in [2.05, 4.69) is 10.0 Å². The molecular weight excluding hydrogens is 478 g/mol. The molecule has 1 aliphatic rings. The van der Waals surface area contributed by atoms with Crippen LogP contribution in [-0.4, -0.2) is 53.5 Å². The number of ether oxygens (including phenoxy) is 1. The first kappa shape index (κ1) is 24.3. The minimum Gasteiger partial charge on any atom is -0.495 e. The van der Waals surface area contributed by atoms with Crippen molar-refractivity contribution in [3.63, 3.8) is 0 Å². The number of carbonyl (C=O) groups is 1. The van der Waals surface area contributed by atoms with E-state index in [1.165, 1.54) is 47.8 Å². The molecule has 0 radical (unpaired) electrons. The van der Waals surface area contributed by atoms with Crippen molar-refractivity contribution in [3.05, 3.63) is 47.0 Å². The molecule has 0 aromatic heterocycles. The number of sulfonamides is 2. The van der Waals surface area contributed by atoms with Crippen LogP contribution in [0.3, 0.4) is 0 Å². The van der Waals surface area contributed by atoms with Gasteiger partial charge < -0.3 is 10.1 Å². The number of hydrogen-bond donors (Lipinski definition) is 2. The second kappa shape index (κ2) is 9.65. The first-order valence-electron chi connectivity index (χ1n) is 9.78. The van der Waals surface area contributed by atoms with E-state index in [4.69, 9.17) is 16.3 Å². The molecule has 0 unspecified atom stereocenters. The zero-order chi connectivity index (χ0) is 23.5. The van der Waals surface area contributed by atoms with E-state index in [9.17, 15) is 21.6 Å². The fourth-order valence-corrected chi connectivity index (χ4v) is 5.90. The molecule has 12 heteroatoms. The number of nitrogens with one attached hydrogen (secondary N) is 2. The van der Waals surface area contributed by atoms with Gasteiger partial charge >= 0.3 is 0 Å². The Kier molecular flexibility index (Phi) is 7.33. The largest absolute Gasteiger partial charge is 0.495 e. The summed E-state index contributed by atoms with van der Waals surface area (Å²) in [5, 5.41) is 2.67. The molecular formula is C20H24ClN3O6S2. The molecule has 2 aromatic rings. The van der Waals surface area contributed by atoms with Gasteiger partial charge in [-0.15, -0.1) is 0 Å². The van der Waals surface area contributed by atoms with Crippen LogP contribution in [0.5, 0.6) is 5.75 Å². The second-order valence-electron chi connectivity index (χ2n) is 7.35. The summed E-state index contributed by atoms with van der Waals surface area (Å²) in [6.45, 7) is 0.872. The van der Waals surface area contributed by atoms with Crippen molar-refractivity contribution in [2.75, 3.05) is 36.5 Å². The van der Waals surface area contributed by atoms with Crippen molar-refractivity contribution in [2.24, 2.45) is 0 Å². The predicted molar refractivity (Wildman–Crippen MR) is 123 cm³/mol. The summed E-state index contributed by atoms with van der Waals surface area (Å²) in [5.74, 6) is -0.393. The van der Waals surface area contributed by atoms with E-state index in [1.54, 1.807) is 0 Å². The van der Waals surface area contributed by atoms with Gasteiger partial charge in [-0.2, -0.15) is 4.31 Å². The number of amides is 1. The minimum atomic E-state index is -3.79. The van der Waals surface area contributed by atoms with Gasteiger partial charge in [0.15, 0.2) is 0 Å². The molecule has 1 fully saturated rings. The third kappa shape index (κ3) is 5.71. The van der Waals surface area contributed by atoms with Gasteiger partial charge in [0.05, 0.1) is 24.0 Å². The first-order valence-corrected chi connectivity index (χ1v) is 13.5. The molecule has 0 spiro atoms. The molecule has 9 nitrogen and oxygen atoms in total. The minimum absolute atomic E-state index is 0.0292. The zero-order valence-corrected chi connectivity index (χ0v) is 20.0. The smallest absolute Gasteiger partial charge is 0.257 e. The highest BCUT2D eigenvalue weighted by Crippen LogP contribution is 2.31. The number of carbonyl (C=O) groups excluding carboxylic acids is 1. The van der Waals surface area contributed by atoms with E-state index >= 15 is 0 Å². The van der Waals surface area contributed by atoms with E-state index in [0.717, 1.165) is 25.5 Å². The van der Waals surface area contributed by atoms with E-state index in [-0.39, 0.29) is 32.6 Å². The van der Waals surface area contributed by atoms with Crippen LogP contribution in [0, 0.1) is 0 Å². The van der Waals surface area contributed by atoms with Gasteiger partial charge in [0.1, 0.15) is 10.6 Å². The van der Waals surface area contributed by atoms with Gasteiger partial charge in [0.2, 0.25) is 20.0 Å². The Morgan fingerprint density at radius 1 is 1.00 bits per heavy atom. The Balaban J connectivity index is 1.86. The lowest BCUT2D eigenvalue weighted by atomic mass is 10.2. The molecule has 0 bridgehead atoms. The Morgan fingerprint density at radius 3 is 2.25 bits per heavy atom. The second-order valence-corrected chi connectivity index (χ2v) is 11.4. The van der Waals surface area contributed by atoms with Gasteiger partial charge in [-0.05, 0) is 49.2 Å². The summed E-state index contributed by atoms with van der Waals surface area (Å²) in [6, 6.07) is 8.46. The van der Waals surface area contributed by atoms with Crippen molar-refractivity contribution in [1.82, 2.24) is 4.31 Å². The number of piperidine rings is 1. The molecule has 2 N–H and O–H groups in total. The van der Waals surface area contributed by atoms with Gasteiger partial charge in [-0.3, -0.25) is 9.52 Å². The van der Waals surface area contributed by atoms with Crippen molar-refractivity contribution >= 4 is 48.9 Å². The van der Waals surface area contributed by atoms with Crippen LogP contribution in [0.4, 0.5) is 11.4 Å². The normalized spacial score (nSPS) is 15.2. The van der Waals surface area contributed by atoms with E-state index in [0.29, 0.717) is 13.1 Å². The molecule has 1 heterocycles. The molecule has 3 rings (SSSR count). The van der Waals surface area contributed by atoms with Gasteiger partial charge in [0.25, 0.3) is 5.91 Å². The number of nitrogens with zero attached hydrogens (tertiary/aromatic N) is 1. The lowest BCUT2D eigenvalue weighted by molar-refractivity contribution is 0.102. The summed E-state index contributed by atoms with van der Waals surface area (Å²) in [7, 11) is -5.90. The zero-order valence-electron chi connectivity index (χ0n) is 17.6. The molecule has 0 atom stereocenters. The van der Waals surface area contributed by atoms with Crippen molar-refractivity contribution in [2.45, 2.75) is 24.2 Å². The highest BCUT2D eigenvalue weighted by Gasteiger charge is 2.29. The van der Waals surface area contributed by atoms with Crippen LogP contribution < -0.4 is 14.8 Å². The summed E-state index contributed by atoms with van der Waals surface area (Å²) in [6.07, 6.45) is 3.57. The maximum Gasteiger partial charge on any atom is 0.257 e. The standard InChI is InChI=1S/C20H24ClN3O6S2/c1-30-18-9-7-14(13-19(18)32(28,29)24-10-4-3-5-11-24)22-20(25)16-8-6-15(12-17(16)21)23-31(2,26)27/h6-9,12-13,23H,3-5,10-11H2,1-2H3,(H,22,25). The number of rotatable bonds is 7. The van der Waals surface area contributed by atoms with Crippen molar-refractivity contribution in [1.29, 1.82) is 0 Å². The van der Waals surface area contributed by atoms with Crippen LogP contribution in [0.2, 0.25) is 5.02 Å². The molecule has 0 aliphatic carbocycles. The third-order valence-electron chi connectivity index (χ3n) is 4.87. The highest BCUT2D eigenvalue weighted by molar-refractivity contribution is 7.92. The summed E-state index contributed by atoms with van der Waals surface area (Å²) >= 11 is 6.15. The molecule has 174 valence electrons. The van der Waals surface area contributed by atoms with Crippen molar-refractivity contribution in [3.8, 4) is 5.75 Å². The lowest BCUT2D eigenvalue weighted by Crippen LogP contribution is -2.35. The molecule has 0 saturated carbocycles. The molecule has 1 amide bonds. The van der Waals surface area contributed by atoms with Crippen molar-refractivity contribution < 1.29 is 26.4 Å². The lowest BCUT2D eigenvalue weighted by Gasteiger charge is -2.26. The number of hydrogen-bond acceptors (Lipinski definition) is 6. The Labute approximate surface area is 192 Å². The number of benzene rings is 2. The third-order valence-corrected chi connectivity index (χ3v) is 7.71. The fourth-order valence-electron chi connectivity index (χ4n) is 3.38. The van der Waals surface area contributed by atoms with Crippen LogP contribution in [-0.2, 0) is 20.0 Å². The van der Waals surface area contributed by atoms with Crippen LogP contribution in [0.15, 0.2) is 41.3 Å². The summed E-state index contributed by atoms with van der Waals surface area (Å²) in [4.78, 5) is 12.7. The van der Waals surface area contributed by atoms with Gasteiger partial charge in [-0.1, -0.05) is 18.0 Å². The van der Waals surface area contributed by atoms with E-state index < -0.39 is 26.0 Å². The van der Waals surface area contributed by atoms with Crippen LogP contribution in [0.25, 0.3) is 0 Å². The highest BCUT2D eigenvalue weighted by atomic mass is 35.5. The SMILES string of the molecule is COc1ccc(NC(=O)c2ccc(NS(C)(=O)=O)cc2Cl)cc1S(=O)(=O)N1CCCCC1. The monoisotopic (exact) mass is 501 g/mol. The summed E-state index contributed by atoms with van der Waals surface area (Å²) in [5.41, 5.74) is 0.566. The molecule has 1 saturated heterocycles. The summed E-state index contributed by atoms with van der Waals surface area (Å²) < 4.78 is 57.9. The predicted octanol–water partition coefficient (Wildman–Crippen LogP) is 3.15. The molecule has 1 aliphatic heterocycles. The fraction of sp³-hybridized carbons (Fsp3) is 0.350. The number of halogens is 1. The topological polar surface area (TPSA) is 122 Å². The Hall–Kier alpha value is -2.34. The first-order chi connectivity index (χ1) is 15.0. The van der Waals surface area contributed by atoms with Crippen LogP contribution in [0.1, 0.15) is 29.6 Å². The number of methoxy groups -OCH3 is 1. The Morgan fingerprint density at radius 2 is 1.66 bits per heavy atom. The molecule has 2 aromatic carbocycles. The van der Waals surface area contributed by atoms with Crippen LogP contribution >= 0.6 is 11.6 Å². The van der Waals surface area contributed by atoms with Gasteiger partial charge in [0, 0.05) is 24.5 Å². The number of anilines is 2. The Bertz CT molecular complexity index is 1230. The average Bonchev–Trinajstić information content (AvgIpc) is 2.73. The molecule has 32 heavy (non-hydrogen) atoms. The van der Waals surface area contributed by atoms with E-state index in [1.807, 2.05) is 0 Å². The average molecular weight is 502 g/mol.